The van der Waals surface area contributed by atoms with Gasteiger partial charge in [-0.05, 0) is 48.1 Å². The number of nitro benzene ring substituents is 1. The van der Waals surface area contributed by atoms with Crippen molar-refractivity contribution in [1.82, 2.24) is 0 Å². The van der Waals surface area contributed by atoms with Crippen molar-refractivity contribution in [2.75, 3.05) is 12.0 Å². The Morgan fingerprint density at radius 3 is 2.41 bits per heavy atom. The van der Waals surface area contributed by atoms with Crippen LogP contribution in [0.3, 0.4) is 0 Å². The predicted molar refractivity (Wildman–Crippen MR) is 121 cm³/mol. The molecule has 2 aliphatic rings. The summed E-state index contributed by atoms with van der Waals surface area (Å²) in [6.45, 7) is 5.74. The minimum Gasteiger partial charge on any atom is -0.497 e. The summed E-state index contributed by atoms with van der Waals surface area (Å²) in [7, 11) is 1.58. The Bertz CT molecular complexity index is 1150. The number of aryl methyl sites for hydroxylation is 1. The largest absolute Gasteiger partial charge is 0.497 e. The highest BCUT2D eigenvalue weighted by Crippen LogP contribution is 2.49. The molecule has 0 N–H and O–H groups in total. The van der Waals surface area contributed by atoms with E-state index in [-0.39, 0.29) is 40.8 Å². The molecule has 2 aromatic carbocycles. The van der Waals surface area contributed by atoms with Gasteiger partial charge in [-0.2, -0.15) is 0 Å². The molecule has 1 heterocycles. The van der Waals surface area contributed by atoms with Gasteiger partial charge in [-0.15, -0.1) is 0 Å². The Kier molecular flexibility index (Phi) is 5.36. The number of amides is 1. The van der Waals surface area contributed by atoms with E-state index in [2.05, 4.69) is 0 Å². The van der Waals surface area contributed by atoms with E-state index in [1.54, 1.807) is 26.2 Å². The highest BCUT2D eigenvalue weighted by Gasteiger charge is 2.45. The number of rotatable bonds is 4. The molecule has 0 spiro atoms. The number of nitro groups is 1. The van der Waals surface area contributed by atoms with Gasteiger partial charge in [0.2, 0.25) is 5.91 Å². The van der Waals surface area contributed by atoms with Crippen LogP contribution in [-0.2, 0) is 9.59 Å². The lowest BCUT2D eigenvalue weighted by atomic mass is 9.69. The normalized spacial score (nSPS) is 20.2. The van der Waals surface area contributed by atoms with E-state index in [0.717, 1.165) is 11.1 Å². The molecule has 2 aromatic rings. The van der Waals surface area contributed by atoms with Gasteiger partial charge in [0.25, 0.3) is 5.69 Å². The monoisotopic (exact) mass is 434 g/mol. The zero-order chi connectivity index (χ0) is 23.2. The molecule has 1 amide bonds. The number of nitrogens with zero attached hydrogens (tertiary/aromatic N) is 2. The van der Waals surface area contributed by atoms with Crippen LogP contribution in [0, 0.1) is 22.5 Å². The number of ether oxygens (including phenoxy) is 1. The molecule has 32 heavy (non-hydrogen) atoms. The quantitative estimate of drug-likeness (QED) is 0.495. The van der Waals surface area contributed by atoms with E-state index in [1.807, 2.05) is 38.1 Å². The molecule has 0 fully saturated rings. The third-order valence-corrected chi connectivity index (χ3v) is 6.23. The van der Waals surface area contributed by atoms with E-state index in [0.29, 0.717) is 29.9 Å². The Morgan fingerprint density at radius 1 is 1.09 bits per heavy atom. The maximum absolute atomic E-state index is 13.5. The number of carbonyl (C=O) groups excluding carboxylic acids is 2. The second-order valence-electron chi connectivity index (χ2n) is 9.31. The molecule has 1 atom stereocenters. The van der Waals surface area contributed by atoms with Crippen LogP contribution in [0.5, 0.6) is 5.75 Å². The average Bonchev–Trinajstić information content (AvgIpc) is 2.72. The van der Waals surface area contributed by atoms with Crippen LogP contribution >= 0.6 is 0 Å². The molecule has 4 rings (SSSR count). The second-order valence-corrected chi connectivity index (χ2v) is 9.31. The molecular formula is C25H26N2O5. The van der Waals surface area contributed by atoms with Crippen LogP contribution in [0.25, 0.3) is 0 Å². The van der Waals surface area contributed by atoms with Crippen molar-refractivity contribution in [3.63, 3.8) is 0 Å². The van der Waals surface area contributed by atoms with Crippen molar-refractivity contribution < 1.29 is 19.2 Å². The topological polar surface area (TPSA) is 89.8 Å². The summed E-state index contributed by atoms with van der Waals surface area (Å²) >= 11 is 0. The van der Waals surface area contributed by atoms with Gasteiger partial charge in [-0.1, -0.05) is 32.0 Å². The lowest BCUT2D eigenvalue weighted by molar-refractivity contribution is -0.384. The van der Waals surface area contributed by atoms with Crippen LogP contribution in [0.1, 0.15) is 50.2 Å². The molecule has 7 heteroatoms. The lowest BCUT2D eigenvalue weighted by Gasteiger charge is -2.42. The first-order chi connectivity index (χ1) is 15.1. The van der Waals surface area contributed by atoms with Crippen LogP contribution in [0.2, 0.25) is 0 Å². The Balaban J connectivity index is 1.92. The third kappa shape index (κ3) is 3.79. The standard InChI is InChI=1S/C25H26N2O5/c1-15-5-10-19(20(11-15)27(30)31)26-21-13-25(2,3)14-22(28)24(21)18(12-23(26)29)16-6-8-17(32-4)9-7-16/h5-11,18H,12-14H2,1-4H3. The van der Waals surface area contributed by atoms with Gasteiger partial charge in [0.15, 0.2) is 5.78 Å². The van der Waals surface area contributed by atoms with E-state index in [4.69, 9.17) is 4.74 Å². The van der Waals surface area contributed by atoms with E-state index in [9.17, 15) is 19.7 Å². The summed E-state index contributed by atoms with van der Waals surface area (Å²) < 4.78 is 5.23. The molecule has 0 bridgehead atoms. The minimum atomic E-state index is -0.471. The number of methoxy groups -OCH3 is 1. The fourth-order valence-corrected chi connectivity index (χ4v) is 4.78. The number of hydrogen-bond acceptors (Lipinski definition) is 5. The van der Waals surface area contributed by atoms with Crippen molar-refractivity contribution in [2.24, 2.45) is 5.41 Å². The average molecular weight is 434 g/mol. The van der Waals surface area contributed by atoms with Crippen molar-refractivity contribution in [3.8, 4) is 5.75 Å². The zero-order valence-electron chi connectivity index (χ0n) is 18.7. The summed E-state index contributed by atoms with van der Waals surface area (Å²) in [5.74, 6) is 0.0530. The van der Waals surface area contributed by atoms with Gasteiger partial charge in [0, 0.05) is 36.1 Å². The summed E-state index contributed by atoms with van der Waals surface area (Å²) in [5.41, 5.74) is 2.49. The van der Waals surface area contributed by atoms with Gasteiger partial charge in [0.05, 0.1) is 12.0 Å². The highest BCUT2D eigenvalue weighted by atomic mass is 16.6. The molecule has 0 radical (unpaired) electrons. The molecular weight excluding hydrogens is 408 g/mol. The molecule has 1 unspecified atom stereocenters. The first kappa shape index (κ1) is 21.7. The van der Waals surface area contributed by atoms with E-state index in [1.165, 1.54) is 11.0 Å². The van der Waals surface area contributed by atoms with Gasteiger partial charge in [-0.25, -0.2) is 0 Å². The summed E-state index contributed by atoms with van der Waals surface area (Å²) in [5, 5.41) is 11.8. The Labute approximate surface area is 186 Å². The van der Waals surface area contributed by atoms with Gasteiger partial charge >= 0.3 is 0 Å². The van der Waals surface area contributed by atoms with Gasteiger partial charge in [-0.3, -0.25) is 24.6 Å². The minimum absolute atomic E-state index is 0.00988. The molecule has 1 aliphatic carbocycles. The molecule has 1 aliphatic heterocycles. The third-order valence-electron chi connectivity index (χ3n) is 6.23. The zero-order valence-corrected chi connectivity index (χ0v) is 18.7. The number of benzene rings is 2. The fraction of sp³-hybridized carbons (Fsp3) is 0.360. The summed E-state index contributed by atoms with van der Waals surface area (Å²) in [6.07, 6.45) is 0.927. The van der Waals surface area contributed by atoms with Crippen LogP contribution in [-0.4, -0.2) is 23.7 Å². The predicted octanol–water partition coefficient (Wildman–Crippen LogP) is 5.08. The molecule has 166 valence electrons. The van der Waals surface area contributed by atoms with Crippen molar-refractivity contribution in [3.05, 3.63) is 75.0 Å². The van der Waals surface area contributed by atoms with Gasteiger partial charge < -0.3 is 4.74 Å². The number of allylic oxidation sites excluding steroid dienone is 2. The number of anilines is 1. The van der Waals surface area contributed by atoms with Crippen LogP contribution in [0.15, 0.2) is 53.7 Å². The second kappa shape index (κ2) is 7.89. The van der Waals surface area contributed by atoms with E-state index >= 15 is 0 Å². The maximum atomic E-state index is 13.5. The van der Waals surface area contributed by atoms with Crippen LogP contribution < -0.4 is 9.64 Å². The Hall–Kier alpha value is -3.48. The molecule has 0 saturated heterocycles. The number of Topliss-reactive ketones (excluding diaryl/α,β-unsaturated/α-hetero) is 1. The maximum Gasteiger partial charge on any atom is 0.293 e. The number of ketones is 1. The first-order valence-corrected chi connectivity index (χ1v) is 10.6. The molecule has 0 aromatic heterocycles. The van der Waals surface area contributed by atoms with Crippen molar-refractivity contribution >= 4 is 23.1 Å². The smallest absolute Gasteiger partial charge is 0.293 e. The van der Waals surface area contributed by atoms with E-state index < -0.39 is 4.92 Å². The lowest BCUT2D eigenvalue weighted by Crippen LogP contribution is -2.44. The molecule has 0 saturated carbocycles. The van der Waals surface area contributed by atoms with Crippen molar-refractivity contribution in [1.29, 1.82) is 0 Å². The number of hydrogen-bond donors (Lipinski definition) is 0. The Morgan fingerprint density at radius 2 is 1.78 bits per heavy atom. The summed E-state index contributed by atoms with van der Waals surface area (Å²) in [4.78, 5) is 39.6. The fourth-order valence-electron chi connectivity index (χ4n) is 4.78. The van der Waals surface area contributed by atoms with Gasteiger partial charge in [0.1, 0.15) is 11.4 Å². The van der Waals surface area contributed by atoms with Crippen LogP contribution in [0.4, 0.5) is 11.4 Å². The SMILES string of the molecule is COc1ccc(C2CC(=O)N(c3ccc(C)cc3[N+](=O)[O-])C3=C2C(=O)CC(C)(C)C3)cc1. The summed E-state index contributed by atoms with van der Waals surface area (Å²) in [6, 6.07) is 12.2. The molecule has 7 nitrogen and oxygen atoms in total. The number of carbonyl (C=O) groups is 2. The van der Waals surface area contributed by atoms with Crippen molar-refractivity contribution in [2.45, 2.75) is 46.0 Å². The highest BCUT2D eigenvalue weighted by molar-refractivity contribution is 6.08. The first-order valence-electron chi connectivity index (χ1n) is 10.6.